The van der Waals surface area contributed by atoms with Crippen LogP contribution in [0.5, 0.6) is 0 Å². The van der Waals surface area contributed by atoms with E-state index in [1.807, 2.05) is 0 Å². The van der Waals surface area contributed by atoms with Crippen molar-refractivity contribution in [3.8, 4) is 11.5 Å². The average molecular weight is 470 g/mol. The number of anilines is 1. The minimum atomic E-state index is -4.80. The Labute approximate surface area is 167 Å². The maximum absolute atomic E-state index is 13.9. The lowest BCUT2D eigenvalue weighted by molar-refractivity contribution is -0.142. The molecule has 1 amide bonds. The zero-order chi connectivity index (χ0) is 20.8. The van der Waals surface area contributed by atoms with Crippen LogP contribution in [-0.2, 0) is 6.18 Å². The minimum absolute atomic E-state index is 0.0870. The lowest BCUT2D eigenvalue weighted by Crippen LogP contribution is -2.16. The molecule has 3 heterocycles. The molecule has 0 aliphatic rings. The summed E-state index contributed by atoms with van der Waals surface area (Å²) in [6.45, 7) is 0. The van der Waals surface area contributed by atoms with E-state index in [0.717, 1.165) is 12.1 Å². The monoisotopic (exact) mass is 469 g/mol. The Morgan fingerprint density at radius 2 is 1.97 bits per heavy atom. The van der Waals surface area contributed by atoms with Gasteiger partial charge in [-0.05, 0) is 36.4 Å². The lowest BCUT2D eigenvalue weighted by Gasteiger charge is -2.09. The molecule has 0 bridgehead atoms. The molecule has 3 aromatic heterocycles. The molecule has 1 N–H and O–H groups in total. The first-order valence-electron chi connectivity index (χ1n) is 7.87. The Hall–Kier alpha value is -3.28. The number of nitrogens with one attached hydrogen (secondary N) is 1. The van der Waals surface area contributed by atoms with Gasteiger partial charge >= 0.3 is 6.18 Å². The van der Waals surface area contributed by atoms with Gasteiger partial charge in [-0.2, -0.15) is 22.7 Å². The van der Waals surface area contributed by atoms with Crippen molar-refractivity contribution < 1.29 is 26.8 Å². The summed E-state index contributed by atoms with van der Waals surface area (Å²) in [5, 5.41) is 5.81. The summed E-state index contributed by atoms with van der Waals surface area (Å²) in [7, 11) is 0. The molecule has 0 saturated carbocycles. The maximum Gasteiger partial charge on any atom is 0.433 e. The highest BCUT2D eigenvalue weighted by Gasteiger charge is 2.36. The first-order valence-corrected chi connectivity index (χ1v) is 8.67. The maximum atomic E-state index is 13.9. The minimum Gasteiger partial charge on any atom is -0.463 e. The SMILES string of the molecule is O=C(Nc1ccc(Br)cc1F)c1nc2nc(-c3ccco3)cc(C(F)(F)F)n2n1. The third-order valence-electron chi connectivity index (χ3n) is 3.76. The van der Waals surface area contributed by atoms with Gasteiger partial charge in [0.25, 0.3) is 11.7 Å². The molecule has 0 aliphatic carbocycles. The Bertz CT molecular complexity index is 1220. The van der Waals surface area contributed by atoms with Crippen molar-refractivity contribution in [2.24, 2.45) is 0 Å². The highest BCUT2D eigenvalue weighted by atomic mass is 79.9. The van der Waals surface area contributed by atoms with Crippen molar-refractivity contribution in [1.82, 2.24) is 19.6 Å². The van der Waals surface area contributed by atoms with Gasteiger partial charge in [0.15, 0.2) is 11.5 Å². The van der Waals surface area contributed by atoms with E-state index in [2.05, 4.69) is 36.3 Å². The molecule has 0 atom stereocenters. The smallest absolute Gasteiger partial charge is 0.433 e. The molecule has 148 valence electrons. The number of furan rings is 1. The summed E-state index contributed by atoms with van der Waals surface area (Å²) >= 11 is 3.08. The molecule has 0 unspecified atom stereocenters. The molecular formula is C17H8BrF4N5O2. The molecule has 1 aromatic carbocycles. The molecule has 0 fully saturated rings. The second kappa shape index (κ2) is 6.95. The summed E-state index contributed by atoms with van der Waals surface area (Å²) in [6, 6.07) is 7.53. The molecule has 0 radical (unpaired) electrons. The van der Waals surface area contributed by atoms with E-state index in [1.165, 1.54) is 30.5 Å². The van der Waals surface area contributed by atoms with Gasteiger partial charge in [0.05, 0.1) is 12.0 Å². The van der Waals surface area contributed by atoms with Gasteiger partial charge in [-0.25, -0.2) is 9.37 Å². The topological polar surface area (TPSA) is 85.3 Å². The van der Waals surface area contributed by atoms with Crippen LogP contribution in [-0.4, -0.2) is 25.5 Å². The van der Waals surface area contributed by atoms with Crippen molar-refractivity contribution in [3.63, 3.8) is 0 Å². The number of aromatic nitrogens is 4. The first-order chi connectivity index (χ1) is 13.7. The fourth-order valence-electron chi connectivity index (χ4n) is 2.49. The van der Waals surface area contributed by atoms with E-state index in [4.69, 9.17) is 4.42 Å². The number of alkyl halides is 3. The molecule has 12 heteroatoms. The highest BCUT2D eigenvalue weighted by Crippen LogP contribution is 2.32. The molecule has 7 nitrogen and oxygen atoms in total. The molecule has 0 spiro atoms. The van der Waals surface area contributed by atoms with E-state index in [9.17, 15) is 22.4 Å². The molecule has 4 rings (SSSR count). The number of hydrogen-bond donors (Lipinski definition) is 1. The third-order valence-corrected chi connectivity index (χ3v) is 4.25. The highest BCUT2D eigenvalue weighted by molar-refractivity contribution is 9.10. The number of halogens is 5. The van der Waals surface area contributed by atoms with Crippen LogP contribution in [0, 0.1) is 5.82 Å². The number of nitrogens with zero attached hydrogens (tertiary/aromatic N) is 4. The standard InChI is InChI=1S/C17H8BrF4N5O2/c18-8-3-4-10(9(19)6-8)23-15(28)14-25-16-24-11(12-2-1-5-29-12)7-13(17(20,21)22)27(16)26-14/h1-7H,(H,23,28). The number of carbonyl (C=O) groups excluding carboxylic acids is 1. The van der Waals surface area contributed by atoms with Crippen LogP contribution in [0.25, 0.3) is 17.2 Å². The van der Waals surface area contributed by atoms with Crippen LogP contribution in [0.1, 0.15) is 16.3 Å². The lowest BCUT2D eigenvalue weighted by atomic mass is 10.2. The van der Waals surface area contributed by atoms with E-state index in [0.29, 0.717) is 8.99 Å². The fourth-order valence-corrected chi connectivity index (χ4v) is 2.82. The van der Waals surface area contributed by atoms with Crippen molar-refractivity contribution in [2.45, 2.75) is 6.18 Å². The van der Waals surface area contributed by atoms with Crippen LogP contribution in [0.4, 0.5) is 23.2 Å². The second-order valence-electron chi connectivity index (χ2n) is 5.73. The Balaban J connectivity index is 1.77. The quantitative estimate of drug-likeness (QED) is 0.444. The number of hydrogen-bond acceptors (Lipinski definition) is 5. The second-order valence-corrected chi connectivity index (χ2v) is 6.64. The van der Waals surface area contributed by atoms with Crippen molar-refractivity contribution >= 4 is 33.3 Å². The van der Waals surface area contributed by atoms with E-state index < -0.39 is 35.2 Å². The summed E-state index contributed by atoms with van der Waals surface area (Å²) < 4.78 is 60.3. The van der Waals surface area contributed by atoms with Crippen LogP contribution in [0.2, 0.25) is 0 Å². The summed E-state index contributed by atoms with van der Waals surface area (Å²) in [5.41, 5.74) is -1.51. The van der Waals surface area contributed by atoms with Gasteiger partial charge in [-0.15, -0.1) is 5.10 Å². The van der Waals surface area contributed by atoms with Crippen LogP contribution >= 0.6 is 15.9 Å². The number of fused-ring (bicyclic) bond motifs is 1. The molecular weight excluding hydrogens is 462 g/mol. The zero-order valence-corrected chi connectivity index (χ0v) is 15.6. The van der Waals surface area contributed by atoms with E-state index >= 15 is 0 Å². The Morgan fingerprint density at radius 1 is 1.17 bits per heavy atom. The Morgan fingerprint density at radius 3 is 2.62 bits per heavy atom. The van der Waals surface area contributed by atoms with Crippen LogP contribution in [0.15, 0.2) is 51.6 Å². The number of carbonyl (C=O) groups is 1. The number of rotatable bonds is 3. The molecule has 29 heavy (non-hydrogen) atoms. The molecule has 0 saturated heterocycles. The number of amides is 1. The predicted octanol–water partition coefficient (Wildman–Crippen LogP) is 4.56. The normalized spacial score (nSPS) is 11.8. The molecule has 0 aliphatic heterocycles. The van der Waals surface area contributed by atoms with E-state index in [1.54, 1.807) is 0 Å². The van der Waals surface area contributed by atoms with Crippen molar-refractivity contribution in [3.05, 3.63) is 64.5 Å². The van der Waals surface area contributed by atoms with Gasteiger partial charge in [0, 0.05) is 4.47 Å². The summed E-state index contributed by atoms with van der Waals surface area (Å²) in [5.74, 6) is -2.73. The summed E-state index contributed by atoms with van der Waals surface area (Å²) in [6.07, 6.45) is -3.52. The van der Waals surface area contributed by atoms with Gasteiger partial charge < -0.3 is 9.73 Å². The largest absolute Gasteiger partial charge is 0.463 e. The van der Waals surface area contributed by atoms with Gasteiger partial charge in [-0.1, -0.05) is 15.9 Å². The van der Waals surface area contributed by atoms with E-state index in [-0.39, 0.29) is 17.1 Å². The van der Waals surface area contributed by atoms with Crippen molar-refractivity contribution in [1.29, 1.82) is 0 Å². The van der Waals surface area contributed by atoms with Gasteiger partial charge in [-0.3, -0.25) is 4.79 Å². The fraction of sp³-hybridized carbons (Fsp3) is 0.0588. The van der Waals surface area contributed by atoms with Gasteiger partial charge in [0.2, 0.25) is 5.82 Å². The molecule has 4 aromatic rings. The first kappa shape index (κ1) is 19.1. The van der Waals surface area contributed by atoms with Crippen LogP contribution < -0.4 is 5.32 Å². The summed E-state index contributed by atoms with van der Waals surface area (Å²) in [4.78, 5) is 20.1. The third kappa shape index (κ3) is 3.70. The van der Waals surface area contributed by atoms with Crippen molar-refractivity contribution in [2.75, 3.05) is 5.32 Å². The Kier molecular flexibility index (Phi) is 4.57. The van der Waals surface area contributed by atoms with Crippen LogP contribution in [0.3, 0.4) is 0 Å². The average Bonchev–Trinajstić information content (AvgIpc) is 3.31. The number of benzene rings is 1. The predicted molar refractivity (Wildman–Crippen MR) is 95.5 cm³/mol. The zero-order valence-electron chi connectivity index (χ0n) is 14.0. The van der Waals surface area contributed by atoms with Gasteiger partial charge in [0.1, 0.15) is 11.5 Å².